The van der Waals surface area contributed by atoms with Gasteiger partial charge in [-0.2, -0.15) is 0 Å². The zero-order valence-corrected chi connectivity index (χ0v) is 18.7. The Bertz CT molecular complexity index is 861. The third-order valence-corrected chi connectivity index (χ3v) is 6.03. The molecule has 2 nitrogen and oxygen atoms in total. The van der Waals surface area contributed by atoms with Gasteiger partial charge in [-0.15, -0.1) is 0 Å². The van der Waals surface area contributed by atoms with Gasteiger partial charge in [0.25, 0.3) is 0 Å². The Hall–Kier alpha value is -2.06. The number of rotatable bonds is 12. The molecule has 0 radical (unpaired) electrons. The van der Waals surface area contributed by atoms with Crippen LogP contribution in [0.15, 0.2) is 60.8 Å². The molecule has 0 aliphatic heterocycles. The number of hydrogen-bond acceptors (Lipinski definition) is 0. The second-order valence-electron chi connectivity index (χ2n) is 9.22. The summed E-state index contributed by atoms with van der Waals surface area (Å²) in [6.07, 6.45) is 12.1. The first-order valence-corrected chi connectivity index (χ1v) is 11.5. The van der Waals surface area contributed by atoms with E-state index in [2.05, 4.69) is 86.4 Å². The number of hydrogen-bond donors (Lipinski definition) is 0. The highest BCUT2D eigenvalue weighted by Gasteiger charge is 2.19. The van der Waals surface area contributed by atoms with Gasteiger partial charge < -0.3 is 9.05 Å². The molecule has 0 unspecified atom stereocenters. The second kappa shape index (κ2) is 10.6. The van der Waals surface area contributed by atoms with E-state index in [4.69, 9.17) is 0 Å². The first-order valence-electron chi connectivity index (χ1n) is 11.5. The van der Waals surface area contributed by atoms with Crippen molar-refractivity contribution in [2.45, 2.75) is 65.0 Å². The molecular formula is C27H39N2+. The van der Waals surface area contributed by atoms with E-state index in [1.165, 1.54) is 73.5 Å². The third-order valence-electron chi connectivity index (χ3n) is 6.03. The molecule has 1 aromatic heterocycles. The van der Waals surface area contributed by atoms with Crippen molar-refractivity contribution >= 4 is 10.9 Å². The Balaban J connectivity index is 1.63. The van der Waals surface area contributed by atoms with Crippen LogP contribution in [-0.2, 0) is 13.1 Å². The van der Waals surface area contributed by atoms with Crippen molar-refractivity contribution in [3.8, 4) is 0 Å². The summed E-state index contributed by atoms with van der Waals surface area (Å²) in [5.41, 5.74) is 4.18. The molecule has 3 rings (SSSR count). The number of benzene rings is 2. The molecule has 0 saturated carbocycles. The molecule has 29 heavy (non-hydrogen) atoms. The van der Waals surface area contributed by atoms with Gasteiger partial charge in [-0.1, -0.05) is 87.6 Å². The highest BCUT2D eigenvalue weighted by Crippen LogP contribution is 2.25. The van der Waals surface area contributed by atoms with Gasteiger partial charge in [0.2, 0.25) is 0 Å². The molecule has 3 aromatic rings. The number of para-hydroxylation sites is 1. The van der Waals surface area contributed by atoms with E-state index in [1.807, 2.05) is 0 Å². The monoisotopic (exact) mass is 391 g/mol. The minimum atomic E-state index is 0.937. The first-order chi connectivity index (χ1) is 14.1. The molecule has 2 aromatic carbocycles. The quantitative estimate of drug-likeness (QED) is 0.231. The predicted octanol–water partition coefficient (Wildman–Crippen LogP) is 7.02. The van der Waals surface area contributed by atoms with Crippen LogP contribution in [0, 0.1) is 0 Å². The van der Waals surface area contributed by atoms with Crippen LogP contribution < -0.4 is 0 Å². The molecule has 0 bridgehead atoms. The van der Waals surface area contributed by atoms with Gasteiger partial charge in [-0.25, -0.2) is 0 Å². The summed E-state index contributed by atoms with van der Waals surface area (Å²) in [7, 11) is 4.78. The summed E-state index contributed by atoms with van der Waals surface area (Å²) in [5, 5.41) is 1.41. The van der Waals surface area contributed by atoms with Crippen molar-refractivity contribution in [3.63, 3.8) is 0 Å². The van der Waals surface area contributed by atoms with Crippen molar-refractivity contribution in [2.75, 3.05) is 20.6 Å². The van der Waals surface area contributed by atoms with Crippen LogP contribution in [0.25, 0.3) is 10.9 Å². The summed E-state index contributed by atoms with van der Waals surface area (Å²) in [4.78, 5) is 0. The van der Waals surface area contributed by atoms with E-state index in [1.54, 1.807) is 0 Å². The minimum Gasteiger partial charge on any atom is -0.343 e. The number of fused-ring (bicyclic) bond motifs is 1. The van der Waals surface area contributed by atoms with Crippen molar-refractivity contribution in [2.24, 2.45) is 0 Å². The fourth-order valence-electron chi connectivity index (χ4n) is 4.40. The van der Waals surface area contributed by atoms with Gasteiger partial charge in [0.1, 0.15) is 6.54 Å². The summed E-state index contributed by atoms with van der Waals surface area (Å²) in [6, 6.07) is 19.7. The first kappa shape index (κ1) is 21.6. The second-order valence-corrected chi connectivity index (χ2v) is 9.22. The van der Waals surface area contributed by atoms with Gasteiger partial charge in [0.15, 0.2) is 0 Å². The maximum absolute atomic E-state index is 2.42. The lowest BCUT2D eigenvalue weighted by Crippen LogP contribution is -2.39. The smallest absolute Gasteiger partial charge is 0.106 e. The molecule has 156 valence electrons. The molecular weight excluding hydrogens is 352 g/mol. The fourth-order valence-corrected chi connectivity index (χ4v) is 4.40. The largest absolute Gasteiger partial charge is 0.343 e. The number of nitrogens with zero attached hydrogens (tertiary/aromatic N) is 2. The molecule has 0 spiro atoms. The van der Waals surface area contributed by atoms with Crippen LogP contribution in [0.2, 0.25) is 0 Å². The predicted molar refractivity (Wildman–Crippen MR) is 126 cm³/mol. The van der Waals surface area contributed by atoms with Gasteiger partial charge in [0.05, 0.1) is 20.6 Å². The molecule has 1 heterocycles. The zero-order chi connectivity index (χ0) is 20.5. The molecule has 2 heteroatoms. The molecule has 0 fully saturated rings. The molecule has 0 atom stereocenters. The fraction of sp³-hybridized carbons (Fsp3) is 0.481. The summed E-state index contributed by atoms with van der Waals surface area (Å²) in [5.74, 6) is 0. The van der Waals surface area contributed by atoms with Crippen LogP contribution in [0.5, 0.6) is 0 Å². The lowest BCUT2D eigenvalue weighted by molar-refractivity contribution is -0.903. The maximum Gasteiger partial charge on any atom is 0.106 e. The van der Waals surface area contributed by atoms with Gasteiger partial charge >= 0.3 is 0 Å². The molecule has 0 aliphatic carbocycles. The molecule has 0 amide bonds. The van der Waals surface area contributed by atoms with Crippen LogP contribution >= 0.6 is 0 Å². The Kier molecular flexibility index (Phi) is 7.94. The highest BCUT2D eigenvalue weighted by atomic mass is 15.3. The average Bonchev–Trinajstić information content (AvgIpc) is 3.05. The SMILES string of the molecule is CCCCCCCCC[N+](C)(C)Cc1cn(Cc2ccccc2)c2ccccc12. The van der Waals surface area contributed by atoms with E-state index in [0.717, 1.165) is 17.6 Å². The highest BCUT2D eigenvalue weighted by molar-refractivity contribution is 5.83. The summed E-state index contributed by atoms with van der Waals surface area (Å²) < 4.78 is 3.49. The summed E-state index contributed by atoms with van der Waals surface area (Å²) in [6.45, 7) is 5.58. The molecule has 0 aliphatic rings. The number of quaternary nitrogens is 1. The number of aromatic nitrogens is 1. The molecule has 0 N–H and O–H groups in total. The maximum atomic E-state index is 2.42. The van der Waals surface area contributed by atoms with Gasteiger partial charge in [0, 0.05) is 29.2 Å². The van der Waals surface area contributed by atoms with Crippen LogP contribution in [0.4, 0.5) is 0 Å². The van der Waals surface area contributed by atoms with Crippen molar-refractivity contribution in [3.05, 3.63) is 71.9 Å². The Morgan fingerprint density at radius 2 is 1.41 bits per heavy atom. The average molecular weight is 392 g/mol. The van der Waals surface area contributed by atoms with Gasteiger partial charge in [-0.3, -0.25) is 0 Å². The Morgan fingerprint density at radius 3 is 2.17 bits per heavy atom. The van der Waals surface area contributed by atoms with E-state index >= 15 is 0 Å². The van der Waals surface area contributed by atoms with E-state index in [-0.39, 0.29) is 0 Å². The topological polar surface area (TPSA) is 4.93 Å². The van der Waals surface area contributed by atoms with Crippen LogP contribution in [0.3, 0.4) is 0 Å². The number of unbranched alkanes of at least 4 members (excludes halogenated alkanes) is 6. The Labute approximate surface area is 177 Å². The van der Waals surface area contributed by atoms with Gasteiger partial charge in [-0.05, 0) is 24.5 Å². The summed E-state index contributed by atoms with van der Waals surface area (Å²) >= 11 is 0. The van der Waals surface area contributed by atoms with Crippen molar-refractivity contribution < 1.29 is 4.48 Å². The minimum absolute atomic E-state index is 0.937. The standard InChI is InChI=1S/C27H39N2/c1-4-5-6-7-8-9-15-20-29(2,3)23-25-22-28(21-24-16-11-10-12-17-24)27-19-14-13-18-26(25)27/h10-14,16-19,22H,4-9,15,20-21,23H2,1-3H3/q+1. The lowest BCUT2D eigenvalue weighted by atomic mass is 10.1. The zero-order valence-electron chi connectivity index (χ0n) is 18.7. The van der Waals surface area contributed by atoms with Crippen molar-refractivity contribution in [1.82, 2.24) is 4.57 Å². The molecule has 0 saturated heterocycles. The van der Waals surface area contributed by atoms with Crippen LogP contribution in [0.1, 0.15) is 63.0 Å². The van der Waals surface area contributed by atoms with E-state index in [9.17, 15) is 0 Å². The van der Waals surface area contributed by atoms with E-state index < -0.39 is 0 Å². The van der Waals surface area contributed by atoms with Crippen molar-refractivity contribution in [1.29, 1.82) is 0 Å². The third kappa shape index (κ3) is 6.47. The Morgan fingerprint density at radius 1 is 0.759 bits per heavy atom. The normalized spacial score (nSPS) is 12.0. The van der Waals surface area contributed by atoms with Crippen LogP contribution in [-0.4, -0.2) is 29.7 Å². The lowest BCUT2D eigenvalue weighted by Gasteiger charge is -2.29. The van der Waals surface area contributed by atoms with E-state index in [0.29, 0.717) is 0 Å².